The van der Waals surface area contributed by atoms with E-state index in [1.807, 2.05) is 4.90 Å². The predicted octanol–water partition coefficient (Wildman–Crippen LogP) is -0.574. The van der Waals surface area contributed by atoms with Gasteiger partial charge < -0.3 is 20.1 Å². The largest absolute Gasteiger partial charge is 0.467 e. The first-order valence-electron chi connectivity index (χ1n) is 5.07. The number of hydrogen-bond donors (Lipinski definition) is 1. The second-order valence-electron chi connectivity index (χ2n) is 3.60. The molecule has 16 heavy (non-hydrogen) atoms. The van der Waals surface area contributed by atoms with Crippen LogP contribution in [0.1, 0.15) is 6.42 Å². The van der Waals surface area contributed by atoms with E-state index in [0.29, 0.717) is 5.95 Å². The number of anilines is 1. The summed E-state index contributed by atoms with van der Waals surface area (Å²) in [6, 6.07) is 0.679. The molecular formula is C9H15N5O2. The van der Waals surface area contributed by atoms with Gasteiger partial charge in [0.25, 0.3) is 0 Å². The second kappa shape index (κ2) is 4.48. The number of hydrogen-bond acceptors (Lipinski definition) is 7. The lowest BCUT2D eigenvalue weighted by Crippen LogP contribution is -2.27. The highest BCUT2D eigenvalue weighted by Crippen LogP contribution is 2.19. The molecule has 2 heterocycles. The van der Waals surface area contributed by atoms with Gasteiger partial charge in [0, 0.05) is 19.1 Å². The lowest BCUT2D eigenvalue weighted by atomic mass is 10.3. The van der Waals surface area contributed by atoms with Crippen LogP contribution < -0.4 is 20.1 Å². The Labute approximate surface area is 93.6 Å². The van der Waals surface area contributed by atoms with E-state index < -0.39 is 0 Å². The summed E-state index contributed by atoms with van der Waals surface area (Å²) in [5.74, 6) is 0.552. The lowest BCUT2D eigenvalue weighted by molar-refractivity contribution is 0.340. The van der Waals surface area contributed by atoms with Gasteiger partial charge in [-0.3, -0.25) is 0 Å². The van der Waals surface area contributed by atoms with Crippen LogP contribution in [0.2, 0.25) is 0 Å². The van der Waals surface area contributed by atoms with Gasteiger partial charge in [-0.25, -0.2) is 0 Å². The van der Waals surface area contributed by atoms with Crippen LogP contribution in [0.3, 0.4) is 0 Å². The number of nitrogens with zero attached hydrogens (tertiary/aromatic N) is 4. The average Bonchev–Trinajstić information content (AvgIpc) is 2.75. The molecule has 1 atom stereocenters. The van der Waals surface area contributed by atoms with Crippen molar-refractivity contribution in [2.24, 2.45) is 5.73 Å². The molecule has 1 aliphatic rings. The van der Waals surface area contributed by atoms with Crippen molar-refractivity contribution in [2.45, 2.75) is 12.5 Å². The number of methoxy groups -OCH3 is 2. The molecular weight excluding hydrogens is 210 g/mol. The van der Waals surface area contributed by atoms with Crippen LogP contribution >= 0.6 is 0 Å². The third-order valence-corrected chi connectivity index (χ3v) is 2.46. The molecule has 0 bridgehead atoms. The van der Waals surface area contributed by atoms with Gasteiger partial charge in [0.15, 0.2) is 0 Å². The maximum atomic E-state index is 5.83. The van der Waals surface area contributed by atoms with E-state index in [9.17, 15) is 0 Å². The third kappa shape index (κ3) is 2.13. The van der Waals surface area contributed by atoms with Gasteiger partial charge in [-0.15, -0.1) is 4.98 Å². The number of rotatable bonds is 3. The molecule has 1 saturated heterocycles. The molecule has 2 N–H and O–H groups in total. The molecule has 0 saturated carbocycles. The minimum Gasteiger partial charge on any atom is -0.467 e. The quantitative estimate of drug-likeness (QED) is 0.736. The minimum atomic E-state index is 0.175. The van der Waals surface area contributed by atoms with Crippen LogP contribution in [0.5, 0.6) is 12.0 Å². The second-order valence-corrected chi connectivity index (χ2v) is 3.60. The van der Waals surface area contributed by atoms with E-state index in [4.69, 9.17) is 15.2 Å². The highest BCUT2D eigenvalue weighted by Gasteiger charge is 2.22. The third-order valence-electron chi connectivity index (χ3n) is 2.46. The molecule has 0 amide bonds. The predicted molar refractivity (Wildman–Crippen MR) is 57.7 cm³/mol. The van der Waals surface area contributed by atoms with Crippen LogP contribution in [0, 0.1) is 0 Å². The highest BCUT2D eigenvalue weighted by molar-refractivity contribution is 5.34. The van der Waals surface area contributed by atoms with Crippen molar-refractivity contribution in [3.8, 4) is 12.0 Å². The topological polar surface area (TPSA) is 86.4 Å². The maximum absolute atomic E-state index is 5.83. The first-order valence-corrected chi connectivity index (χ1v) is 5.07. The fourth-order valence-electron chi connectivity index (χ4n) is 1.62. The highest BCUT2D eigenvalue weighted by atomic mass is 16.5. The van der Waals surface area contributed by atoms with Crippen LogP contribution in [-0.4, -0.2) is 48.3 Å². The van der Waals surface area contributed by atoms with Gasteiger partial charge in [-0.05, 0) is 6.42 Å². The molecule has 0 spiro atoms. The Hall–Kier alpha value is -1.63. The number of nitrogens with two attached hydrogens (primary N) is 1. The zero-order valence-corrected chi connectivity index (χ0v) is 9.38. The van der Waals surface area contributed by atoms with Crippen LogP contribution in [0.4, 0.5) is 5.95 Å². The van der Waals surface area contributed by atoms with Crippen LogP contribution in [0.15, 0.2) is 0 Å². The van der Waals surface area contributed by atoms with E-state index in [0.717, 1.165) is 19.5 Å². The van der Waals surface area contributed by atoms with Crippen LogP contribution in [0.25, 0.3) is 0 Å². The fourth-order valence-corrected chi connectivity index (χ4v) is 1.62. The summed E-state index contributed by atoms with van der Waals surface area (Å²) in [5.41, 5.74) is 5.83. The zero-order valence-electron chi connectivity index (χ0n) is 9.38. The molecule has 0 aliphatic carbocycles. The Morgan fingerprint density at radius 3 is 2.25 bits per heavy atom. The van der Waals surface area contributed by atoms with E-state index in [1.54, 1.807) is 0 Å². The Morgan fingerprint density at radius 2 is 1.81 bits per heavy atom. The monoisotopic (exact) mass is 225 g/mol. The SMILES string of the molecule is COc1nc(OC)nc(N2CC[C@@H](N)C2)n1. The summed E-state index contributed by atoms with van der Waals surface area (Å²) in [4.78, 5) is 14.3. The van der Waals surface area contributed by atoms with Gasteiger partial charge in [-0.2, -0.15) is 9.97 Å². The van der Waals surface area contributed by atoms with Crippen molar-refractivity contribution in [2.75, 3.05) is 32.2 Å². The van der Waals surface area contributed by atoms with Crippen LogP contribution in [-0.2, 0) is 0 Å². The molecule has 88 valence electrons. The Kier molecular flexibility index (Phi) is 3.04. The molecule has 1 fully saturated rings. The van der Waals surface area contributed by atoms with Crippen molar-refractivity contribution >= 4 is 5.95 Å². The number of ether oxygens (including phenoxy) is 2. The standard InChI is InChI=1S/C9H15N5O2/c1-15-8-11-7(12-9(13-8)16-2)14-4-3-6(10)5-14/h6H,3-5,10H2,1-2H3/t6-/m1/s1. The van der Waals surface area contributed by atoms with Crippen molar-refractivity contribution in [3.63, 3.8) is 0 Å². The molecule has 1 aromatic rings. The molecule has 0 unspecified atom stereocenters. The molecule has 7 nitrogen and oxygen atoms in total. The fraction of sp³-hybridized carbons (Fsp3) is 0.667. The van der Waals surface area contributed by atoms with E-state index in [-0.39, 0.29) is 18.1 Å². The molecule has 2 rings (SSSR count). The molecule has 1 aromatic heterocycles. The Bertz CT molecular complexity index is 351. The Balaban J connectivity index is 2.25. The molecule has 0 aromatic carbocycles. The van der Waals surface area contributed by atoms with E-state index in [1.165, 1.54) is 14.2 Å². The van der Waals surface area contributed by atoms with Crippen molar-refractivity contribution in [1.82, 2.24) is 15.0 Å². The van der Waals surface area contributed by atoms with Crippen molar-refractivity contribution < 1.29 is 9.47 Å². The first-order chi connectivity index (χ1) is 7.72. The van der Waals surface area contributed by atoms with Crippen molar-refractivity contribution in [3.05, 3.63) is 0 Å². The van der Waals surface area contributed by atoms with E-state index >= 15 is 0 Å². The van der Waals surface area contributed by atoms with Crippen molar-refractivity contribution in [1.29, 1.82) is 0 Å². The Morgan fingerprint density at radius 1 is 1.19 bits per heavy atom. The maximum Gasteiger partial charge on any atom is 0.324 e. The number of aromatic nitrogens is 3. The first kappa shape index (κ1) is 10.9. The van der Waals surface area contributed by atoms with Gasteiger partial charge in [0.05, 0.1) is 14.2 Å². The normalized spacial score (nSPS) is 19.9. The zero-order chi connectivity index (χ0) is 11.5. The summed E-state index contributed by atoms with van der Waals surface area (Å²) in [7, 11) is 3.02. The van der Waals surface area contributed by atoms with E-state index in [2.05, 4.69) is 15.0 Å². The summed E-state index contributed by atoms with van der Waals surface area (Å²) in [6.07, 6.45) is 0.941. The summed E-state index contributed by atoms with van der Waals surface area (Å²) in [5, 5.41) is 0. The summed E-state index contributed by atoms with van der Waals surface area (Å²) < 4.78 is 9.97. The summed E-state index contributed by atoms with van der Waals surface area (Å²) in [6.45, 7) is 1.59. The van der Waals surface area contributed by atoms with Gasteiger partial charge in [0.1, 0.15) is 0 Å². The van der Waals surface area contributed by atoms with Gasteiger partial charge in [-0.1, -0.05) is 0 Å². The van der Waals surface area contributed by atoms with Gasteiger partial charge in [0.2, 0.25) is 5.95 Å². The molecule has 0 radical (unpaired) electrons. The summed E-state index contributed by atoms with van der Waals surface area (Å²) >= 11 is 0. The minimum absolute atomic E-state index is 0.175. The molecule has 1 aliphatic heterocycles. The van der Waals surface area contributed by atoms with Gasteiger partial charge >= 0.3 is 12.0 Å². The lowest BCUT2D eigenvalue weighted by Gasteiger charge is -2.15. The smallest absolute Gasteiger partial charge is 0.324 e. The average molecular weight is 225 g/mol. The molecule has 7 heteroatoms.